The molecule has 1 N–H and O–H groups in total. The quantitative estimate of drug-likeness (QED) is 0.572. The van der Waals surface area contributed by atoms with Crippen molar-refractivity contribution in [3.8, 4) is 11.8 Å². The molecule has 1 aromatic carbocycles. The molecule has 0 spiro atoms. The van der Waals surface area contributed by atoms with Crippen LogP contribution in [0.3, 0.4) is 0 Å². The van der Waals surface area contributed by atoms with Crippen LogP contribution in [-0.4, -0.2) is 17.8 Å². The molecule has 0 aliphatic rings. The molecule has 0 amide bonds. The van der Waals surface area contributed by atoms with Gasteiger partial charge in [-0.25, -0.2) is 0 Å². The Morgan fingerprint density at radius 2 is 1.95 bits per heavy atom. The summed E-state index contributed by atoms with van der Waals surface area (Å²) in [5.41, 5.74) is 1.13. The number of benzene rings is 1. The third-order valence-corrected chi connectivity index (χ3v) is 2.79. The fourth-order valence-corrected chi connectivity index (χ4v) is 1.69. The zero-order chi connectivity index (χ0) is 13.8. The van der Waals surface area contributed by atoms with Crippen molar-refractivity contribution in [1.29, 1.82) is 0 Å². The van der Waals surface area contributed by atoms with Crippen LogP contribution in [0, 0.1) is 11.8 Å². The Labute approximate surface area is 116 Å². The van der Waals surface area contributed by atoms with Gasteiger partial charge in [0.05, 0.1) is 19.3 Å². The third kappa shape index (κ3) is 8.42. The maximum atomic E-state index is 9.70. The Kier molecular flexibility index (Phi) is 8.80. The predicted molar refractivity (Wildman–Crippen MR) is 78.6 cm³/mol. The molecule has 0 saturated carbocycles. The molecule has 2 nitrogen and oxygen atoms in total. The summed E-state index contributed by atoms with van der Waals surface area (Å²) in [6, 6.07) is 9.97. The normalized spacial score (nSPS) is 11.7. The highest BCUT2D eigenvalue weighted by molar-refractivity contribution is 5.13. The number of rotatable bonds is 8. The second-order valence-corrected chi connectivity index (χ2v) is 4.67. The molecule has 0 unspecified atom stereocenters. The number of aliphatic hydroxyl groups excluding tert-OH is 1. The average molecular weight is 260 g/mol. The Balaban J connectivity index is 2.06. The number of unbranched alkanes of at least 4 members (excludes halogenated alkanes) is 3. The summed E-state index contributed by atoms with van der Waals surface area (Å²) in [7, 11) is 0. The Bertz CT molecular complexity index is 375. The van der Waals surface area contributed by atoms with E-state index in [0.717, 1.165) is 18.4 Å². The van der Waals surface area contributed by atoms with E-state index in [-0.39, 0.29) is 0 Å². The van der Waals surface area contributed by atoms with E-state index in [1.165, 1.54) is 12.8 Å². The largest absolute Gasteiger partial charge is 0.390 e. The number of ether oxygens (including phenoxy) is 1. The molecule has 0 fully saturated rings. The summed E-state index contributed by atoms with van der Waals surface area (Å²) in [6.45, 7) is 3.07. The van der Waals surface area contributed by atoms with Crippen LogP contribution in [0.1, 0.15) is 44.6 Å². The van der Waals surface area contributed by atoms with Gasteiger partial charge in [-0.05, 0) is 12.0 Å². The molecule has 2 heteroatoms. The topological polar surface area (TPSA) is 29.5 Å². The van der Waals surface area contributed by atoms with Crippen molar-refractivity contribution in [3.63, 3.8) is 0 Å². The Hall–Kier alpha value is -1.30. The van der Waals surface area contributed by atoms with Gasteiger partial charge in [-0.3, -0.25) is 0 Å². The Morgan fingerprint density at radius 1 is 1.16 bits per heavy atom. The molecular weight excluding hydrogens is 236 g/mol. The maximum Gasteiger partial charge on any atom is 0.0882 e. The summed E-state index contributed by atoms with van der Waals surface area (Å²) in [4.78, 5) is 0. The van der Waals surface area contributed by atoms with E-state index in [1.807, 2.05) is 30.3 Å². The fraction of sp³-hybridized carbons (Fsp3) is 0.529. The second-order valence-electron chi connectivity index (χ2n) is 4.67. The van der Waals surface area contributed by atoms with Crippen LogP contribution in [0.4, 0.5) is 0 Å². The molecule has 1 aromatic rings. The third-order valence-electron chi connectivity index (χ3n) is 2.79. The molecule has 104 valence electrons. The van der Waals surface area contributed by atoms with Gasteiger partial charge in [0.2, 0.25) is 0 Å². The molecule has 0 saturated heterocycles. The maximum absolute atomic E-state index is 9.70. The van der Waals surface area contributed by atoms with Crippen molar-refractivity contribution in [1.82, 2.24) is 0 Å². The van der Waals surface area contributed by atoms with Gasteiger partial charge in [0.1, 0.15) is 0 Å². The minimum absolute atomic E-state index is 0.346. The zero-order valence-corrected chi connectivity index (χ0v) is 11.8. The van der Waals surface area contributed by atoms with Crippen LogP contribution < -0.4 is 0 Å². The summed E-state index contributed by atoms with van der Waals surface area (Å²) in [5, 5.41) is 9.70. The lowest BCUT2D eigenvalue weighted by atomic mass is 10.2. The molecule has 19 heavy (non-hydrogen) atoms. The van der Waals surface area contributed by atoms with Gasteiger partial charge >= 0.3 is 0 Å². The van der Waals surface area contributed by atoms with Gasteiger partial charge in [0, 0.05) is 12.8 Å². The van der Waals surface area contributed by atoms with Crippen molar-refractivity contribution in [3.05, 3.63) is 35.9 Å². The monoisotopic (exact) mass is 260 g/mol. The first-order valence-corrected chi connectivity index (χ1v) is 7.08. The SMILES string of the molecule is CCCCCC#CC[C@@H](O)COCc1ccccc1. The first kappa shape index (κ1) is 15.8. The molecule has 0 radical (unpaired) electrons. The van der Waals surface area contributed by atoms with Crippen molar-refractivity contribution >= 4 is 0 Å². The highest BCUT2D eigenvalue weighted by Crippen LogP contribution is 2.02. The smallest absolute Gasteiger partial charge is 0.0882 e. The van der Waals surface area contributed by atoms with Gasteiger partial charge in [-0.1, -0.05) is 50.1 Å². The van der Waals surface area contributed by atoms with E-state index in [9.17, 15) is 5.11 Å². The van der Waals surface area contributed by atoms with Crippen LogP contribution in [0.25, 0.3) is 0 Å². The zero-order valence-electron chi connectivity index (χ0n) is 11.8. The lowest BCUT2D eigenvalue weighted by molar-refractivity contribution is 0.0311. The van der Waals surface area contributed by atoms with Crippen LogP contribution in [0.5, 0.6) is 0 Å². The predicted octanol–water partition coefficient (Wildman–Crippen LogP) is 3.54. The van der Waals surface area contributed by atoms with Gasteiger partial charge in [-0.2, -0.15) is 0 Å². The molecule has 1 atom stereocenters. The minimum Gasteiger partial charge on any atom is -0.390 e. The summed E-state index contributed by atoms with van der Waals surface area (Å²) >= 11 is 0. The van der Waals surface area contributed by atoms with Crippen LogP contribution in [-0.2, 0) is 11.3 Å². The van der Waals surface area contributed by atoms with Gasteiger partial charge in [0.15, 0.2) is 0 Å². The minimum atomic E-state index is -0.484. The first-order valence-electron chi connectivity index (χ1n) is 7.08. The standard InChI is InChI=1S/C17H24O2/c1-2-3-4-5-6-10-13-17(18)15-19-14-16-11-8-7-9-12-16/h7-9,11-12,17-18H,2-5,13-15H2,1H3/t17-/m1/s1. The van der Waals surface area contributed by atoms with E-state index >= 15 is 0 Å². The van der Waals surface area contributed by atoms with Gasteiger partial charge < -0.3 is 9.84 Å². The lowest BCUT2D eigenvalue weighted by Crippen LogP contribution is -2.14. The highest BCUT2D eigenvalue weighted by atomic mass is 16.5. The number of hydrogen-bond donors (Lipinski definition) is 1. The van der Waals surface area contributed by atoms with Crippen LogP contribution in [0.2, 0.25) is 0 Å². The van der Waals surface area contributed by atoms with E-state index in [0.29, 0.717) is 19.6 Å². The molecule has 1 rings (SSSR count). The molecule has 0 aliphatic heterocycles. The summed E-state index contributed by atoms with van der Waals surface area (Å²) in [6.07, 6.45) is 4.56. The lowest BCUT2D eigenvalue weighted by Gasteiger charge is -2.08. The van der Waals surface area contributed by atoms with E-state index in [1.54, 1.807) is 0 Å². The van der Waals surface area contributed by atoms with Crippen molar-refractivity contribution < 1.29 is 9.84 Å². The highest BCUT2D eigenvalue weighted by Gasteiger charge is 2.01. The van der Waals surface area contributed by atoms with E-state index in [4.69, 9.17) is 4.74 Å². The number of aliphatic hydroxyl groups is 1. The molecular formula is C17H24O2. The number of hydrogen-bond acceptors (Lipinski definition) is 2. The second kappa shape index (κ2) is 10.6. The molecule has 0 aromatic heterocycles. The van der Waals surface area contributed by atoms with Crippen LogP contribution in [0.15, 0.2) is 30.3 Å². The van der Waals surface area contributed by atoms with E-state index < -0.39 is 6.10 Å². The summed E-state index contributed by atoms with van der Waals surface area (Å²) in [5.74, 6) is 6.11. The van der Waals surface area contributed by atoms with Crippen molar-refractivity contribution in [2.75, 3.05) is 6.61 Å². The van der Waals surface area contributed by atoms with E-state index in [2.05, 4.69) is 18.8 Å². The Morgan fingerprint density at radius 3 is 2.68 bits per heavy atom. The van der Waals surface area contributed by atoms with Crippen LogP contribution >= 0.6 is 0 Å². The molecule has 0 aliphatic carbocycles. The van der Waals surface area contributed by atoms with Crippen molar-refractivity contribution in [2.45, 2.75) is 51.7 Å². The first-order chi connectivity index (χ1) is 9.33. The fourth-order valence-electron chi connectivity index (χ4n) is 1.69. The van der Waals surface area contributed by atoms with Crippen molar-refractivity contribution in [2.24, 2.45) is 0 Å². The molecule has 0 heterocycles. The average Bonchev–Trinajstić information content (AvgIpc) is 2.44. The van der Waals surface area contributed by atoms with Gasteiger partial charge in [-0.15, -0.1) is 11.8 Å². The summed E-state index contributed by atoms with van der Waals surface area (Å²) < 4.78 is 5.46. The molecule has 0 bridgehead atoms. The van der Waals surface area contributed by atoms with Gasteiger partial charge in [0.25, 0.3) is 0 Å².